The fraction of sp³-hybridized carbons (Fsp3) is 0.938. The van der Waals surface area contributed by atoms with Gasteiger partial charge in [0.2, 0.25) is 0 Å². The van der Waals surface area contributed by atoms with E-state index in [4.69, 9.17) is 5.11 Å². The zero-order chi connectivity index (χ0) is 13.5. The molecule has 0 aliphatic rings. The zero-order valence-corrected chi connectivity index (χ0v) is 13.6. The second-order valence-electron chi connectivity index (χ2n) is 5.39. The molecule has 0 radical (unpaired) electrons. The van der Waals surface area contributed by atoms with E-state index in [9.17, 15) is 4.79 Å². The van der Waals surface area contributed by atoms with Gasteiger partial charge in [-0.05, 0) is 6.42 Å². The number of unbranched alkanes of at least 4 members (excludes halogenated alkanes) is 12. The smallest absolute Gasteiger partial charge is 0.303 e. The molecule has 0 aromatic carbocycles. The summed E-state index contributed by atoms with van der Waals surface area (Å²) in [5.74, 6) is -0.655. The summed E-state index contributed by atoms with van der Waals surface area (Å²) in [5.41, 5.74) is 0. The van der Waals surface area contributed by atoms with E-state index in [1.165, 1.54) is 70.6 Å². The van der Waals surface area contributed by atoms with E-state index in [0.29, 0.717) is 6.42 Å². The van der Waals surface area contributed by atoms with Crippen molar-refractivity contribution in [1.29, 1.82) is 0 Å². The summed E-state index contributed by atoms with van der Waals surface area (Å²) in [6, 6.07) is 0. The number of rotatable bonds is 14. The average molecular weight is 315 g/mol. The third-order valence-corrected chi connectivity index (χ3v) is 3.49. The molecule has 1 N–H and O–H groups in total. The van der Waals surface area contributed by atoms with Gasteiger partial charge in [-0.2, -0.15) is 0 Å². The van der Waals surface area contributed by atoms with Crippen molar-refractivity contribution in [2.75, 3.05) is 0 Å². The Hall–Kier alpha value is -0.0365. The van der Waals surface area contributed by atoms with Crippen LogP contribution in [0.4, 0.5) is 0 Å². The van der Waals surface area contributed by atoms with Crippen LogP contribution in [0.5, 0.6) is 0 Å². The van der Waals surface area contributed by atoms with E-state index in [1.807, 2.05) is 0 Å². The van der Waals surface area contributed by atoms with Crippen LogP contribution < -0.4 is 0 Å². The third-order valence-electron chi connectivity index (χ3n) is 3.49. The van der Waals surface area contributed by atoms with Crippen LogP contribution in [0.2, 0.25) is 0 Å². The van der Waals surface area contributed by atoms with Gasteiger partial charge < -0.3 is 5.11 Å². The molecule has 2 nitrogen and oxygen atoms in total. The van der Waals surface area contributed by atoms with Gasteiger partial charge in [0.25, 0.3) is 0 Å². The fourth-order valence-electron chi connectivity index (χ4n) is 2.29. The standard InChI is InChI=1S/C16H32O2.Ni/c1-2-3-4-5-6-7-8-9-10-11-12-13-14-15-16(17)18;/h2-15H2,1H3,(H,17,18);. The molecule has 3 heteroatoms. The van der Waals surface area contributed by atoms with Crippen molar-refractivity contribution < 1.29 is 26.4 Å². The molecular formula is C16H32NiO2. The SMILES string of the molecule is CCCCCCCCCCCCCCCC(=O)O.[Ni]. The molecule has 0 unspecified atom stereocenters. The van der Waals surface area contributed by atoms with Gasteiger partial charge in [0.1, 0.15) is 0 Å². The molecule has 0 aromatic rings. The van der Waals surface area contributed by atoms with Crippen molar-refractivity contribution in [1.82, 2.24) is 0 Å². The first-order valence-electron chi connectivity index (χ1n) is 7.99. The molecule has 0 aliphatic heterocycles. The van der Waals surface area contributed by atoms with Crippen LogP contribution in [0.15, 0.2) is 0 Å². The topological polar surface area (TPSA) is 37.3 Å². The Morgan fingerprint density at radius 3 is 1.32 bits per heavy atom. The Morgan fingerprint density at radius 2 is 1.00 bits per heavy atom. The summed E-state index contributed by atoms with van der Waals surface area (Å²) in [7, 11) is 0. The maximum atomic E-state index is 10.3. The molecule has 0 spiro atoms. The first kappa shape index (κ1) is 21.3. The minimum Gasteiger partial charge on any atom is -0.481 e. The summed E-state index contributed by atoms with van der Waals surface area (Å²) in [6.07, 6.45) is 17.3. The minimum atomic E-state index is -0.655. The maximum absolute atomic E-state index is 10.3. The van der Waals surface area contributed by atoms with E-state index in [0.717, 1.165) is 12.8 Å². The number of hydrogen-bond donors (Lipinski definition) is 1. The van der Waals surface area contributed by atoms with Crippen molar-refractivity contribution >= 4 is 5.97 Å². The van der Waals surface area contributed by atoms with Crippen LogP contribution in [0.25, 0.3) is 0 Å². The normalized spacial score (nSPS) is 10.2. The Morgan fingerprint density at radius 1 is 0.684 bits per heavy atom. The van der Waals surface area contributed by atoms with Crippen molar-refractivity contribution in [3.05, 3.63) is 0 Å². The van der Waals surface area contributed by atoms with E-state index in [2.05, 4.69) is 6.92 Å². The Bertz CT molecular complexity index is 184. The molecule has 0 rings (SSSR count). The summed E-state index contributed by atoms with van der Waals surface area (Å²) in [4.78, 5) is 10.3. The second-order valence-corrected chi connectivity index (χ2v) is 5.39. The summed E-state index contributed by atoms with van der Waals surface area (Å²) in [6.45, 7) is 2.26. The number of aliphatic carboxylic acids is 1. The van der Waals surface area contributed by atoms with E-state index < -0.39 is 5.97 Å². The molecule has 0 saturated carbocycles. The first-order valence-corrected chi connectivity index (χ1v) is 7.99. The number of carbonyl (C=O) groups is 1. The number of carboxylic acid groups (broad SMARTS) is 1. The van der Waals surface area contributed by atoms with Crippen LogP contribution in [0.1, 0.15) is 96.8 Å². The molecule has 0 heterocycles. The van der Waals surface area contributed by atoms with Gasteiger partial charge in [0.15, 0.2) is 0 Å². The van der Waals surface area contributed by atoms with Crippen molar-refractivity contribution in [3.8, 4) is 0 Å². The van der Waals surface area contributed by atoms with Gasteiger partial charge in [0.05, 0.1) is 0 Å². The van der Waals surface area contributed by atoms with Crippen molar-refractivity contribution in [2.45, 2.75) is 96.8 Å². The molecule has 19 heavy (non-hydrogen) atoms. The van der Waals surface area contributed by atoms with Gasteiger partial charge in [-0.25, -0.2) is 0 Å². The predicted octanol–water partition coefficient (Wildman–Crippen LogP) is 5.55. The van der Waals surface area contributed by atoms with Crippen LogP contribution in [-0.2, 0) is 21.3 Å². The number of hydrogen-bond acceptors (Lipinski definition) is 1. The van der Waals surface area contributed by atoms with E-state index >= 15 is 0 Å². The molecule has 0 aromatic heterocycles. The molecule has 118 valence electrons. The minimum absolute atomic E-state index is 0. The molecule has 0 amide bonds. The van der Waals surface area contributed by atoms with Crippen LogP contribution in [0.3, 0.4) is 0 Å². The largest absolute Gasteiger partial charge is 0.481 e. The number of carboxylic acids is 1. The predicted molar refractivity (Wildman–Crippen MR) is 77.9 cm³/mol. The van der Waals surface area contributed by atoms with Crippen molar-refractivity contribution in [2.24, 2.45) is 0 Å². The molecule has 0 fully saturated rings. The van der Waals surface area contributed by atoms with Gasteiger partial charge in [-0.1, -0.05) is 84.0 Å². The molecule has 0 aliphatic carbocycles. The molecule has 0 saturated heterocycles. The Kier molecular flexibility index (Phi) is 20.1. The summed E-state index contributed by atoms with van der Waals surface area (Å²) < 4.78 is 0. The summed E-state index contributed by atoms with van der Waals surface area (Å²) >= 11 is 0. The van der Waals surface area contributed by atoms with E-state index in [-0.39, 0.29) is 16.5 Å². The zero-order valence-electron chi connectivity index (χ0n) is 12.6. The maximum Gasteiger partial charge on any atom is 0.303 e. The average Bonchev–Trinajstić information content (AvgIpc) is 2.34. The molecule has 0 atom stereocenters. The van der Waals surface area contributed by atoms with Crippen LogP contribution in [0, 0.1) is 0 Å². The van der Waals surface area contributed by atoms with Crippen LogP contribution >= 0.6 is 0 Å². The van der Waals surface area contributed by atoms with E-state index in [1.54, 1.807) is 0 Å². The Balaban J connectivity index is 0. The third kappa shape index (κ3) is 20.4. The fourth-order valence-corrected chi connectivity index (χ4v) is 2.29. The monoisotopic (exact) mass is 314 g/mol. The van der Waals surface area contributed by atoms with Gasteiger partial charge in [-0.15, -0.1) is 0 Å². The molecule has 0 bridgehead atoms. The molecular weight excluding hydrogens is 283 g/mol. The second kappa shape index (κ2) is 18.0. The van der Waals surface area contributed by atoms with Crippen molar-refractivity contribution in [3.63, 3.8) is 0 Å². The van der Waals surface area contributed by atoms with Gasteiger partial charge in [-0.3, -0.25) is 4.79 Å². The van der Waals surface area contributed by atoms with Crippen LogP contribution in [-0.4, -0.2) is 11.1 Å². The van der Waals surface area contributed by atoms with Gasteiger partial charge in [0, 0.05) is 22.9 Å². The first-order chi connectivity index (χ1) is 8.77. The Labute approximate surface area is 129 Å². The van der Waals surface area contributed by atoms with Gasteiger partial charge >= 0.3 is 5.97 Å². The summed E-state index contributed by atoms with van der Waals surface area (Å²) in [5, 5.41) is 8.49. The quantitative estimate of drug-likeness (QED) is 0.337.